The summed E-state index contributed by atoms with van der Waals surface area (Å²) in [7, 11) is 8.14. The van der Waals surface area contributed by atoms with E-state index in [1.807, 2.05) is 20.8 Å². The van der Waals surface area contributed by atoms with Crippen molar-refractivity contribution >= 4 is 70.9 Å². The molecule has 640 valence electrons. The Morgan fingerprint density at radius 1 is 0.602 bits per heavy atom. The van der Waals surface area contributed by atoms with Crippen molar-refractivity contribution in [3.05, 3.63) is 0 Å². The Labute approximate surface area is 659 Å². The lowest BCUT2D eigenvalue weighted by atomic mass is 9.74. The van der Waals surface area contributed by atoms with Crippen LogP contribution in [0.2, 0.25) is 0 Å². The van der Waals surface area contributed by atoms with Crippen molar-refractivity contribution in [2.24, 2.45) is 41.4 Å². The summed E-state index contributed by atoms with van der Waals surface area (Å²) in [5, 5.41) is 8.52. The highest BCUT2D eigenvalue weighted by Crippen LogP contribution is 2.46. The average Bonchev–Trinajstić information content (AvgIpc) is 1.73. The number of amides is 12. The van der Waals surface area contributed by atoms with Crippen LogP contribution in [0.4, 0.5) is 35.1 Å². The van der Waals surface area contributed by atoms with Crippen molar-refractivity contribution in [3.8, 4) is 0 Å². The van der Waals surface area contributed by atoms with E-state index in [1.165, 1.54) is 66.8 Å². The summed E-state index contributed by atoms with van der Waals surface area (Å²) >= 11 is 0. The van der Waals surface area contributed by atoms with E-state index in [1.54, 1.807) is 13.8 Å². The highest BCUT2D eigenvalue weighted by molar-refractivity contribution is 6.01. The summed E-state index contributed by atoms with van der Waals surface area (Å²) in [6, 6.07) is -11.3. The Hall–Kier alpha value is -7.00. The van der Waals surface area contributed by atoms with Gasteiger partial charge >= 0.3 is 12.4 Å². The minimum absolute atomic E-state index is 0.00795. The highest BCUT2D eigenvalue weighted by atomic mass is 19.4. The van der Waals surface area contributed by atoms with Crippen LogP contribution in [0.5, 0.6) is 0 Å². The number of nitrogens with one attached hydrogen (secondary N) is 3. The van der Waals surface area contributed by atoms with E-state index in [9.17, 15) is 40.7 Å². The Morgan fingerprint density at radius 2 is 1.23 bits per heavy atom. The van der Waals surface area contributed by atoms with E-state index >= 15 is 51.9 Å². The number of hydrogen-bond acceptors (Lipinski definition) is 14. The number of ether oxygens (including phenoxy) is 2. The van der Waals surface area contributed by atoms with Crippen LogP contribution in [0.1, 0.15) is 202 Å². The number of alkyl halides is 8. The van der Waals surface area contributed by atoms with Gasteiger partial charge in [0, 0.05) is 81.5 Å². The molecule has 8 aliphatic rings. The fourth-order valence-electron chi connectivity index (χ4n) is 18.2. The predicted octanol–water partition coefficient (Wildman–Crippen LogP) is 7.13. The number of morpholine rings is 1. The molecule has 0 aromatic carbocycles. The van der Waals surface area contributed by atoms with E-state index in [2.05, 4.69) is 16.0 Å². The van der Waals surface area contributed by atoms with Crippen molar-refractivity contribution in [1.82, 2.24) is 60.0 Å². The molecule has 4 aliphatic carbocycles. The van der Waals surface area contributed by atoms with Crippen LogP contribution in [0.15, 0.2) is 0 Å². The summed E-state index contributed by atoms with van der Waals surface area (Å²) < 4.78 is 128. The molecule has 0 radical (unpaired) electrons. The summed E-state index contributed by atoms with van der Waals surface area (Å²) in [4.78, 5) is 194. The maximum Gasteiger partial charge on any atom is 0.397 e. The molecule has 26 nitrogen and oxygen atoms in total. The van der Waals surface area contributed by atoms with Gasteiger partial charge in [-0.05, 0) is 145 Å². The van der Waals surface area contributed by atoms with Crippen molar-refractivity contribution in [3.63, 3.8) is 0 Å². The minimum Gasteiger partial charge on any atom is -0.378 e. The molecule has 113 heavy (non-hydrogen) atoms. The monoisotopic (exact) mass is 1620 g/mol. The van der Waals surface area contributed by atoms with Crippen molar-refractivity contribution in [2.75, 3.05) is 101 Å². The lowest BCUT2D eigenvalue weighted by Crippen LogP contribution is -2.68. The molecule has 2 bridgehead atoms. The second kappa shape index (κ2) is 40.2. The van der Waals surface area contributed by atoms with Crippen LogP contribution in [-0.2, 0) is 67.0 Å². The molecule has 8 fully saturated rings. The molecule has 12 atom stereocenters. The number of carbonyl (C=O) groups is 12. The fraction of sp³-hybridized carbons (Fsp3) is 0.848. The number of rotatable bonds is 15. The van der Waals surface area contributed by atoms with Crippen LogP contribution in [0.3, 0.4) is 0 Å². The maximum absolute atomic E-state index is 15.8. The molecular formula is C79H124F8N12O14. The molecule has 8 rings (SSSR count). The molecule has 3 N–H and O–H groups in total. The van der Waals surface area contributed by atoms with Gasteiger partial charge in [-0.25, -0.2) is 8.78 Å². The number of hydrogen-bond donors (Lipinski definition) is 3. The van der Waals surface area contributed by atoms with Crippen LogP contribution in [0, 0.1) is 41.4 Å². The van der Waals surface area contributed by atoms with Crippen LogP contribution in [-0.4, -0.2) is 301 Å². The van der Waals surface area contributed by atoms with Gasteiger partial charge in [0.25, 0.3) is 0 Å². The van der Waals surface area contributed by atoms with Gasteiger partial charge in [0.15, 0.2) is 0 Å². The smallest absolute Gasteiger partial charge is 0.378 e. The maximum atomic E-state index is 15.8. The van der Waals surface area contributed by atoms with Crippen LogP contribution in [0.25, 0.3) is 0 Å². The summed E-state index contributed by atoms with van der Waals surface area (Å²) in [5.74, 6) is -16.8. The summed E-state index contributed by atoms with van der Waals surface area (Å²) in [6.07, 6.45) is -14.0. The van der Waals surface area contributed by atoms with E-state index in [0.29, 0.717) is 70.6 Å². The Morgan fingerprint density at radius 3 is 1.81 bits per heavy atom. The highest BCUT2D eigenvalue weighted by Gasteiger charge is 2.56. The Balaban J connectivity index is 1.22. The second-order valence-electron chi connectivity index (χ2n) is 34.0. The van der Waals surface area contributed by atoms with Gasteiger partial charge in [-0.2, -0.15) is 26.3 Å². The largest absolute Gasteiger partial charge is 0.397 e. The van der Waals surface area contributed by atoms with E-state index < -0.39 is 230 Å². The first kappa shape index (κ1) is 91.5. The molecule has 0 aromatic heterocycles. The second-order valence-corrected chi connectivity index (χ2v) is 34.0. The normalized spacial score (nSPS) is 31.8. The van der Waals surface area contributed by atoms with E-state index in [0.717, 1.165) is 19.6 Å². The SMILES string of the molecule is CCCCO[C@@H]1C[C@H]2C(=O)NC3(CCC3)C(=O)N(C)[C@@H](C3CCCC3)C(=O)N(C)[C@H](C(=O)N3CCOCC3)CC(=O)N(C)[C@@H](CC(C)C)C(=O)N[C@@H]([C@@H](C)CC)C(=O)N(C)CC(=O)N(C)[C@H]3CCCCCN(C3=O)[C@@H](CC3CCC(C(F)(F)F)CC3)C(=O)N(C)CC(=O)N[C@@H](CCC3CC(F)C(C(F)(F)F)C(F)C3)C(=O)N2C1. The topological polar surface area (TPSA) is 289 Å². The number of fused-ring (bicyclic) bond motifs is 3. The number of nitrogens with zero attached hydrogens (tertiary/aromatic N) is 9. The van der Waals surface area contributed by atoms with Gasteiger partial charge < -0.3 is 69.5 Å². The average molecular weight is 1620 g/mol. The zero-order valence-electron chi connectivity index (χ0n) is 67.9. The minimum atomic E-state index is -5.22. The summed E-state index contributed by atoms with van der Waals surface area (Å²) in [6.45, 7) is 7.90. The number of carbonyl (C=O) groups excluding carboxylic acids is 12. The first-order valence-electron chi connectivity index (χ1n) is 41.2. The van der Waals surface area contributed by atoms with Gasteiger partial charge in [-0.3, -0.25) is 57.5 Å². The van der Waals surface area contributed by atoms with Gasteiger partial charge in [-0.1, -0.05) is 73.1 Å². The van der Waals surface area contributed by atoms with Crippen molar-refractivity contribution in [1.29, 1.82) is 0 Å². The third-order valence-corrected chi connectivity index (χ3v) is 25.6. The Kier molecular flexibility index (Phi) is 32.6. The molecule has 0 aromatic rings. The molecule has 34 heteroatoms. The number of halogens is 8. The van der Waals surface area contributed by atoms with Gasteiger partial charge in [0.05, 0.1) is 44.7 Å². The molecule has 4 saturated carbocycles. The van der Waals surface area contributed by atoms with Gasteiger partial charge in [0.2, 0.25) is 70.9 Å². The van der Waals surface area contributed by atoms with E-state index in [-0.39, 0.29) is 123 Å². The first-order valence-corrected chi connectivity index (χ1v) is 41.2. The van der Waals surface area contributed by atoms with E-state index in [4.69, 9.17) is 9.47 Å². The van der Waals surface area contributed by atoms with Crippen LogP contribution < -0.4 is 16.0 Å². The number of unbranched alkanes of at least 4 members (excludes halogenated alkanes) is 1. The molecule has 4 saturated heterocycles. The standard InChI is InChI=1S/C79H124F8N12O14/c1-12-14-35-113-53-42-59-69(104)90-77(30-20-31-77)76(111)96(11)67(51-21-17-18-22-51)75(110)95(10)60(72(107)97-33-36-112-37-34-97)43-63(101)94(9)58(38-47(3)4)68(103)89-66(48(5)13-2)74(109)92(7)46-64(102)93(8)57-23-16-15-19-32-98(73(57)108)61(41-49-24-27-52(28-25-49)78(82,83)84)71(106)91(6)45-62(100)88-56(70(105)99(59)44-53)29-26-50-39-54(80)65(55(81)40-50)79(85,86)87/h47-61,65-67H,12-46H2,1-11H3,(H,88,100)(H,89,103)(H,90,104)/t48-,49?,50?,52?,53+,54?,55?,56-,57-,58-,59-,60-,61-,65?,66-,67-/m0/s1. The molecule has 1 spiro atoms. The molecule has 2 unspecified atom stereocenters. The zero-order chi connectivity index (χ0) is 83.3. The van der Waals surface area contributed by atoms with Gasteiger partial charge in [0.1, 0.15) is 72.1 Å². The third-order valence-electron chi connectivity index (χ3n) is 25.6. The molecule has 4 aliphatic heterocycles. The zero-order valence-corrected chi connectivity index (χ0v) is 67.9. The number of likely N-dealkylation sites (N-methyl/N-ethyl adjacent to an activating group) is 6. The summed E-state index contributed by atoms with van der Waals surface area (Å²) in [5.41, 5.74) is -1.70. The third kappa shape index (κ3) is 22.8. The molecular weight excluding hydrogens is 1490 g/mol. The first-order chi connectivity index (χ1) is 53.2. The quantitative estimate of drug-likeness (QED) is 0.109. The molecule has 12 amide bonds. The predicted molar refractivity (Wildman–Crippen MR) is 399 cm³/mol. The molecule has 4 heterocycles. The Bertz CT molecular complexity index is 3300. The lowest BCUT2D eigenvalue weighted by Gasteiger charge is -2.47. The van der Waals surface area contributed by atoms with Crippen molar-refractivity contribution in [2.45, 2.75) is 286 Å². The van der Waals surface area contributed by atoms with Gasteiger partial charge in [-0.15, -0.1) is 0 Å². The lowest BCUT2D eigenvalue weighted by molar-refractivity contribution is -0.219. The van der Waals surface area contributed by atoms with Crippen LogP contribution >= 0.6 is 0 Å². The fourth-order valence-corrected chi connectivity index (χ4v) is 18.2. The van der Waals surface area contributed by atoms with Crippen molar-refractivity contribution < 1.29 is 102 Å².